The molecule has 0 amide bonds. The SMILES string of the molecule is COC(=O)[C@@H](C)[C@H](C)O[C@H]1CCCCO1. The van der Waals surface area contributed by atoms with Crippen molar-refractivity contribution in [2.24, 2.45) is 5.92 Å². The molecule has 0 aromatic rings. The van der Waals surface area contributed by atoms with Gasteiger partial charge in [0.2, 0.25) is 0 Å². The van der Waals surface area contributed by atoms with Crippen LogP contribution >= 0.6 is 0 Å². The second-order valence-electron chi connectivity index (χ2n) is 3.95. The predicted molar refractivity (Wildman–Crippen MR) is 55.3 cm³/mol. The van der Waals surface area contributed by atoms with Crippen LogP contribution in [0.5, 0.6) is 0 Å². The van der Waals surface area contributed by atoms with Gasteiger partial charge in [0.1, 0.15) is 0 Å². The maximum absolute atomic E-state index is 11.3. The molecule has 1 rings (SSSR count). The first-order valence-electron chi connectivity index (χ1n) is 5.50. The van der Waals surface area contributed by atoms with Gasteiger partial charge in [-0.05, 0) is 33.1 Å². The van der Waals surface area contributed by atoms with Gasteiger partial charge in [-0.3, -0.25) is 4.79 Å². The van der Waals surface area contributed by atoms with E-state index in [-0.39, 0.29) is 24.3 Å². The van der Waals surface area contributed by atoms with Crippen LogP contribution in [-0.2, 0) is 19.0 Å². The van der Waals surface area contributed by atoms with Crippen LogP contribution in [0.1, 0.15) is 33.1 Å². The van der Waals surface area contributed by atoms with E-state index < -0.39 is 0 Å². The van der Waals surface area contributed by atoms with Gasteiger partial charge < -0.3 is 14.2 Å². The van der Waals surface area contributed by atoms with Crippen LogP contribution < -0.4 is 0 Å². The molecule has 0 spiro atoms. The first-order chi connectivity index (χ1) is 7.15. The minimum absolute atomic E-state index is 0.152. The zero-order valence-electron chi connectivity index (χ0n) is 9.69. The monoisotopic (exact) mass is 216 g/mol. The smallest absolute Gasteiger partial charge is 0.311 e. The number of methoxy groups -OCH3 is 1. The number of rotatable bonds is 4. The fourth-order valence-corrected chi connectivity index (χ4v) is 1.55. The third kappa shape index (κ3) is 3.80. The third-order valence-electron chi connectivity index (χ3n) is 2.78. The molecule has 1 fully saturated rings. The van der Waals surface area contributed by atoms with Crippen LogP contribution in [0.25, 0.3) is 0 Å². The Bertz CT molecular complexity index is 199. The number of hydrogen-bond donors (Lipinski definition) is 0. The van der Waals surface area contributed by atoms with Crippen molar-refractivity contribution in [1.29, 1.82) is 0 Å². The molecule has 4 heteroatoms. The fraction of sp³-hybridized carbons (Fsp3) is 0.909. The largest absolute Gasteiger partial charge is 0.469 e. The van der Waals surface area contributed by atoms with Crippen molar-refractivity contribution >= 4 is 5.97 Å². The number of hydrogen-bond acceptors (Lipinski definition) is 4. The first kappa shape index (κ1) is 12.5. The lowest BCUT2D eigenvalue weighted by Crippen LogP contribution is -2.33. The van der Waals surface area contributed by atoms with Gasteiger partial charge >= 0.3 is 5.97 Å². The molecule has 0 aromatic heterocycles. The Labute approximate surface area is 90.9 Å². The standard InChI is InChI=1S/C11H20O4/c1-8(11(12)13-3)9(2)15-10-6-4-5-7-14-10/h8-10H,4-7H2,1-3H3/t8-,9-,10-/m0/s1. The Hall–Kier alpha value is -0.610. The lowest BCUT2D eigenvalue weighted by molar-refractivity contribution is -0.197. The van der Waals surface area contributed by atoms with Crippen molar-refractivity contribution in [3.63, 3.8) is 0 Å². The highest BCUT2D eigenvalue weighted by Crippen LogP contribution is 2.18. The van der Waals surface area contributed by atoms with Crippen LogP contribution in [0.3, 0.4) is 0 Å². The summed E-state index contributed by atoms with van der Waals surface area (Å²) in [4.78, 5) is 11.3. The minimum atomic E-state index is -0.250. The molecule has 1 aliphatic rings. The van der Waals surface area contributed by atoms with E-state index in [4.69, 9.17) is 9.47 Å². The molecule has 0 unspecified atom stereocenters. The molecule has 0 saturated carbocycles. The van der Waals surface area contributed by atoms with Crippen LogP contribution in [-0.4, -0.2) is 32.1 Å². The Morgan fingerprint density at radius 1 is 1.40 bits per heavy atom. The second-order valence-corrected chi connectivity index (χ2v) is 3.95. The van der Waals surface area contributed by atoms with E-state index >= 15 is 0 Å². The summed E-state index contributed by atoms with van der Waals surface area (Å²) >= 11 is 0. The summed E-state index contributed by atoms with van der Waals surface area (Å²) in [5.41, 5.74) is 0. The van der Waals surface area contributed by atoms with Crippen LogP contribution in [0, 0.1) is 5.92 Å². The topological polar surface area (TPSA) is 44.8 Å². The van der Waals surface area contributed by atoms with Crippen LogP contribution in [0.2, 0.25) is 0 Å². The molecule has 1 saturated heterocycles. The second kappa shape index (κ2) is 6.08. The molecule has 4 nitrogen and oxygen atoms in total. The van der Waals surface area contributed by atoms with Gasteiger partial charge in [0.05, 0.1) is 19.1 Å². The summed E-state index contributed by atoms with van der Waals surface area (Å²) in [6.07, 6.45) is 2.82. The Balaban J connectivity index is 2.32. The summed E-state index contributed by atoms with van der Waals surface area (Å²) in [5, 5.41) is 0. The highest BCUT2D eigenvalue weighted by Gasteiger charge is 2.25. The summed E-state index contributed by atoms with van der Waals surface area (Å²) in [5.74, 6) is -0.487. The Kier molecular flexibility index (Phi) is 5.05. The maximum Gasteiger partial charge on any atom is 0.311 e. The Morgan fingerprint density at radius 3 is 2.67 bits per heavy atom. The zero-order chi connectivity index (χ0) is 11.3. The van der Waals surface area contributed by atoms with E-state index in [1.165, 1.54) is 7.11 Å². The third-order valence-corrected chi connectivity index (χ3v) is 2.78. The van der Waals surface area contributed by atoms with E-state index in [0.29, 0.717) is 0 Å². The highest BCUT2D eigenvalue weighted by atomic mass is 16.7. The molecule has 0 bridgehead atoms. The molecule has 15 heavy (non-hydrogen) atoms. The van der Waals surface area contributed by atoms with Crippen molar-refractivity contribution in [2.45, 2.75) is 45.5 Å². The lowest BCUT2D eigenvalue weighted by Gasteiger charge is -2.27. The van der Waals surface area contributed by atoms with Gasteiger partial charge in [0.25, 0.3) is 0 Å². The predicted octanol–water partition coefficient (Wildman–Crippen LogP) is 1.73. The van der Waals surface area contributed by atoms with Gasteiger partial charge in [-0.2, -0.15) is 0 Å². The molecule has 0 N–H and O–H groups in total. The average Bonchev–Trinajstić information content (AvgIpc) is 2.28. The van der Waals surface area contributed by atoms with E-state index in [9.17, 15) is 4.79 Å². The highest BCUT2D eigenvalue weighted by molar-refractivity contribution is 5.72. The average molecular weight is 216 g/mol. The van der Waals surface area contributed by atoms with Crippen molar-refractivity contribution in [3.8, 4) is 0 Å². The molecule has 3 atom stereocenters. The van der Waals surface area contributed by atoms with E-state index in [1.807, 2.05) is 6.92 Å². The maximum atomic E-state index is 11.3. The van der Waals surface area contributed by atoms with Gasteiger partial charge in [0.15, 0.2) is 6.29 Å². The summed E-state index contributed by atoms with van der Waals surface area (Å²) < 4.78 is 15.8. The van der Waals surface area contributed by atoms with Gasteiger partial charge in [-0.15, -0.1) is 0 Å². The van der Waals surface area contributed by atoms with Crippen molar-refractivity contribution in [3.05, 3.63) is 0 Å². The summed E-state index contributed by atoms with van der Waals surface area (Å²) in [7, 11) is 1.39. The van der Waals surface area contributed by atoms with E-state index in [2.05, 4.69) is 4.74 Å². The molecular weight excluding hydrogens is 196 g/mol. The zero-order valence-corrected chi connectivity index (χ0v) is 9.69. The Morgan fingerprint density at radius 2 is 2.13 bits per heavy atom. The molecular formula is C11H20O4. The molecule has 1 heterocycles. The van der Waals surface area contributed by atoms with Crippen LogP contribution in [0.15, 0.2) is 0 Å². The quantitative estimate of drug-likeness (QED) is 0.671. The van der Waals surface area contributed by atoms with Crippen molar-refractivity contribution in [2.75, 3.05) is 13.7 Å². The van der Waals surface area contributed by atoms with Gasteiger partial charge in [-0.1, -0.05) is 0 Å². The molecule has 0 aliphatic carbocycles. The summed E-state index contributed by atoms with van der Waals surface area (Å²) in [6, 6.07) is 0. The number of carbonyl (C=O) groups excluding carboxylic acids is 1. The molecule has 88 valence electrons. The van der Waals surface area contributed by atoms with Gasteiger partial charge in [-0.25, -0.2) is 0 Å². The fourth-order valence-electron chi connectivity index (χ4n) is 1.55. The normalized spacial score (nSPS) is 25.7. The number of carbonyl (C=O) groups is 1. The number of esters is 1. The minimum Gasteiger partial charge on any atom is -0.469 e. The molecule has 0 radical (unpaired) electrons. The van der Waals surface area contributed by atoms with E-state index in [0.717, 1.165) is 25.9 Å². The van der Waals surface area contributed by atoms with Gasteiger partial charge in [0, 0.05) is 6.61 Å². The molecule has 1 aliphatic heterocycles. The van der Waals surface area contributed by atoms with Crippen molar-refractivity contribution < 1.29 is 19.0 Å². The number of ether oxygens (including phenoxy) is 3. The van der Waals surface area contributed by atoms with Crippen molar-refractivity contribution in [1.82, 2.24) is 0 Å². The lowest BCUT2D eigenvalue weighted by atomic mass is 10.1. The molecule has 0 aromatic carbocycles. The summed E-state index contributed by atoms with van der Waals surface area (Å²) in [6.45, 7) is 4.43. The first-order valence-corrected chi connectivity index (χ1v) is 5.50. The van der Waals surface area contributed by atoms with E-state index in [1.54, 1.807) is 6.92 Å². The van der Waals surface area contributed by atoms with Crippen LogP contribution in [0.4, 0.5) is 0 Å².